The number of halogens is 1. The molecule has 0 aliphatic carbocycles. The summed E-state index contributed by atoms with van der Waals surface area (Å²) in [7, 11) is 0. The van der Waals surface area contributed by atoms with Gasteiger partial charge in [0.1, 0.15) is 26.4 Å². The molecule has 3 amide bonds. The van der Waals surface area contributed by atoms with Gasteiger partial charge in [-0.2, -0.15) is 25.2 Å². The number of benzene rings is 7. The van der Waals surface area contributed by atoms with Gasteiger partial charge in [0.15, 0.2) is 0 Å². The average Bonchev–Trinajstić information content (AvgIpc) is 0.833. The minimum atomic E-state index is -0.462. The summed E-state index contributed by atoms with van der Waals surface area (Å²) < 4.78 is 25.2. The van der Waals surface area contributed by atoms with Crippen molar-refractivity contribution in [2.45, 2.75) is 121 Å². The molecule has 15 rings (SSSR count). The predicted molar refractivity (Wildman–Crippen MR) is 450 cm³/mol. The third-order valence-electron chi connectivity index (χ3n) is 18.6. The van der Waals surface area contributed by atoms with E-state index in [1.807, 2.05) is 181 Å². The zero-order valence-electron chi connectivity index (χ0n) is 62.9. The second-order valence-electron chi connectivity index (χ2n) is 26.8. The molecule has 0 spiro atoms. The Hall–Kier alpha value is -11.1. The number of hydrogen-bond donors (Lipinski definition) is 2. The van der Waals surface area contributed by atoms with Crippen LogP contribution in [0.5, 0.6) is 23.5 Å². The Morgan fingerprint density at radius 1 is 0.381 bits per heavy atom. The molecule has 0 radical (unpaired) electrons. The standard InChI is InChI=1S/C24H25N5O3S.C23H24N4O2S.C23H22N4OS.C16H18IN3O/c1-17(30)28-11-13-29(14-12-28)24-26-15-21(33-20-9-7-19(8-10-20)22(25)31)23(27-24)32-16-18-5-3-2-4-6-18;24-21(28)18-9-11-19(12-10-18)30-20-15-25-23(27-13-5-2-6-14-27)26-22(20)29-16-17-7-3-1-4-8-17;24-15-18-9-11-20(12-10-18)29-21-16-25-23(27-13-5-2-6-14-27)26-22(21)28-17-19-7-3-1-4-8-19;17-14-11-18-16(20-9-5-2-6-10-20)19-15(14)21-12-13-7-3-1-4-8-13/h2-10,15H,11-14,16H2,1H3,(H2,25,31);1,3-4,7-12,15H,2,5-6,13-14,16H2,(H2,24,28);1,3-4,7-12,16H,2,5-6,13-14,17H2;1,3-4,7-8,11H,2,5-6,9-10,12H2. The molecule has 4 aromatic heterocycles. The smallest absolute Gasteiger partial charge is 0.248 e. The number of anilines is 4. The van der Waals surface area contributed by atoms with Crippen LogP contribution in [0.2, 0.25) is 0 Å². The molecule has 0 atom stereocenters. The summed E-state index contributed by atoms with van der Waals surface area (Å²) in [6, 6.07) is 64.0. The van der Waals surface area contributed by atoms with Crippen molar-refractivity contribution in [2.75, 3.05) is 85.0 Å². The van der Waals surface area contributed by atoms with Crippen molar-refractivity contribution in [3.63, 3.8) is 0 Å². The number of nitrogens with zero attached hydrogens (tertiary/aromatic N) is 14. The van der Waals surface area contributed by atoms with Gasteiger partial charge in [-0.05, 0) is 175 Å². The summed E-state index contributed by atoms with van der Waals surface area (Å²) >= 11 is 6.73. The zero-order chi connectivity index (χ0) is 78.4. The number of hydrogen-bond acceptors (Lipinski definition) is 23. The molecule has 23 nitrogen and oxygen atoms in total. The quantitative estimate of drug-likeness (QED) is 0.0532. The van der Waals surface area contributed by atoms with Crippen molar-refractivity contribution in [1.82, 2.24) is 44.8 Å². The van der Waals surface area contributed by atoms with E-state index in [1.54, 1.807) is 49.1 Å². The predicted octanol–water partition coefficient (Wildman–Crippen LogP) is 16.0. The normalized spacial score (nSPS) is 13.9. The summed E-state index contributed by atoms with van der Waals surface area (Å²) in [5, 5.41) is 8.99. The second kappa shape index (κ2) is 42.5. The first kappa shape index (κ1) is 81.4. The van der Waals surface area contributed by atoms with Crippen LogP contribution < -0.4 is 50.0 Å². The zero-order valence-corrected chi connectivity index (χ0v) is 67.5. The van der Waals surface area contributed by atoms with E-state index in [1.165, 1.54) is 68.5 Å². The van der Waals surface area contributed by atoms with Gasteiger partial charge in [-0.1, -0.05) is 157 Å². The first-order chi connectivity index (χ1) is 55.3. The Labute approximate surface area is 685 Å². The molecule has 580 valence electrons. The summed E-state index contributed by atoms with van der Waals surface area (Å²) in [5.74, 6) is 4.32. The third kappa shape index (κ3) is 25.0. The molecular weight excluding hydrogens is 1590 g/mol. The highest BCUT2D eigenvalue weighted by Crippen LogP contribution is 2.39. The molecule has 8 heterocycles. The van der Waals surface area contributed by atoms with Gasteiger partial charge < -0.3 is 54.9 Å². The Kier molecular flexibility index (Phi) is 30.7. The van der Waals surface area contributed by atoms with Crippen LogP contribution in [0.25, 0.3) is 0 Å². The van der Waals surface area contributed by atoms with E-state index < -0.39 is 11.8 Å². The van der Waals surface area contributed by atoms with Crippen LogP contribution in [0.1, 0.15) is 113 Å². The third-order valence-corrected chi connectivity index (χ3v) is 22.3. The Morgan fingerprint density at radius 2 is 0.664 bits per heavy atom. The minimum Gasteiger partial charge on any atom is -0.472 e. The van der Waals surface area contributed by atoms with Gasteiger partial charge in [-0.15, -0.1) is 0 Å². The topological polar surface area (TPSA) is 283 Å². The lowest BCUT2D eigenvalue weighted by molar-refractivity contribution is -0.129. The number of amides is 3. The SMILES string of the molecule is CC(=O)N1CCN(c2ncc(Sc3ccc(C(N)=O)cc3)c(OCc3ccccc3)n2)CC1.Ic1cnc(N2CCCCC2)nc1OCc1ccccc1.N#Cc1ccc(Sc2cnc(N3CCCCC3)nc2OCc2ccccc2)cc1.NC(=O)c1ccc(Sc2cnc(N3CCCCC3)nc2OCc2ccccc2)cc1. The number of primary amides is 2. The van der Waals surface area contributed by atoms with Crippen molar-refractivity contribution in [2.24, 2.45) is 11.5 Å². The van der Waals surface area contributed by atoms with Gasteiger partial charge in [-0.3, -0.25) is 14.4 Å². The molecule has 113 heavy (non-hydrogen) atoms. The van der Waals surface area contributed by atoms with Crippen LogP contribution in [-0.2, 0) is 31.2 Å². The van der Waals surface area contributed by atoms with E-state index in [9.17, 15) is 14.4 Å². The van der Waals surface area contributed by atoms with Crippen LogP contribution in [-0.4, -0.2) is 128 Å². The average molecular weight is 1680 g/mol. The lowest BCUT2D eigenvalue weighted by atomic mass is 10.1. The van der Waals surface area contributed by atoms with Crippen LogP contribution in [0.3, 0.4) is 0 Å². The van der Waals surface area contributed by atoms with Gasteiger partial charge in [0.25, 0.3) is 0 Å². The fourth-order valence-electron chi connectivity index (χ4n) is 12.4. The van der Waals surface area contributed by atoms with E-state index in [0.717, 1.165) is 119 Å². The monoisotopic (exact) mass is 1680 g/mol. The second-order valence-corrected chi connectivity index (χ2v) is 31.3. The van der Waals surface area contributed by atoms with Crippen LogP contribution in [0.15, 0.2) is 248 Å². The number of piperazine rings is 1. The number of piperidine rings is 3. The number of carbonyl (C=O) groups is 3. The first-order valence-electron chi connectivity index (χ1n) is 37.7. The number of nitriles is 1. The van der Waals surface area contributed by atoms with Crippen LogP contribution in [0.4, 0.5) is 23.8 Å². The molecule has 0 saturated carbocycles. The minimum absolute atomic E-state index is 0.0801. The van der Waals surface area contributed by atoms with Crippen molar-refractivity contribution < 1.29 is 33.3 Å². The lowest BCUT2D eigenvalue weighted by Gasteiger charge is -2.34. The molecule has 4 fully saturated rings. The summed E-state index contributed by atoms with van der Waals surface area (Å²) in [5.41, 5.74) is 16.6. The first-order valence-corrected chi connectivity index (χ1v) is 41.2. The fraction of sp³-hybridized carbons (Fsp3) is 0.279. The number of ether oxygens (including phenoxy) is 4. The summed E-state index contributed by atoms with van der Waals surface area (Å²) in [6.45, 7) is 12.0. The molecule has 4 aliphatic rings. The molecule has 4 N–H and O–H groups in total. The molecule has 27 heteroatoms. The molecule has 4 aliphatic heterocycles. The van der Waals surface area contributed by atoms with Crippen LogP contribution >= 0.6 is 57.9 Å². The summed E-state index contributed by atoms with van der Waals surface area (Å²) in [4.78, 5) is 87.2. The van der Waals surface area contributed by atoms with E-state index >= 15 is 0 Å². The number of nitrogens with two attached hydrogens (primary N) is 2. The largest absolute Gasteiger partial charge is 0.472 e. The maximum Gasteiger partial charge on any atom is 0.248 e. The van der Waals surface area contributed by atoms with Crippen molar-refractivity contribution in [3.05, 3.63) is 261 Å². The van der Waals surface area contributed by atoms with Crippen LogP contribution in [0, 0.1) is 14.9 Å². The Balaban J connectivity index is 0.000000141. The molecule has 7 aromatic carbocycles. The number of carbonyl (C=O) groups excluding carboxylic acids is 3. The number of aromatic nitrogens is 8. The van der Waals surface area contributed by atoms with Crippen molar-refractivity contribution >= 4 is 99.4 Å². The maximum atomic E-state index is 11.6. The molecule has 0 unspecified atom stereocenters. The van der Waals surface area contributed by atoms with E-state index in [2.05, 4.69) is 85.3 Å². The maximum absolute atomic E-state index is 11.6. The molecule has 11 aromatic rings. The van der Waals surface area contributed by atoms with E-state index in [0.29, 0.717) is 105 Å². The van der Waals surface area contributed by atoms with Gasteiger partial charge in [0, 0.05) is 104 Å². The summed E-state index contributed by atoms with van der Waals surface area (Å²) in [6.07, 6.45) is 18.2. The fourth-order valence-corrected chi connectivity index (χ4v) is 15.3. The van der Waals surface area contributed by atoms with Gasteiger partial charge in [0.2, 0.25) is 65.0 Å². The van der Waals surface area contributed by atoms with Gasteiger partial charge in [0.05, 0.1) is 48.5 Å². The lowest BCUT2D eigenvalue weighted by Crippen LogP contribution is -2.48. The molecule has 0 bridgehead atoms. The highest BCUT2D eigenvalue weighted by Gasteiger charge is 2.25. The van der Waals surface area contributed by atoms with Gasteiger partial charge >= 0.3 is 0 Å². The van der Waals surface area contributed by atoms with E-state index in [-0.39, 0.29) is 5.91 Å². The van der Waals surface area contributed by atoms with Crippen molar-refractivity contribution in [1.29, 1.82) is 5.26 Å². The Morgan fingerprint density at radius 3 is 0.965 bits per heavy atom. The van der Waals surface area contributed by atoms with Crippen molar-refractivity contribution in [3.8, 4) is 29.6 Å². The highest BCUT2D eigenvalue weighted by atomic mass is 127. The van der Waals surface area contributed by atoms with Gasteiger partial charge in [-0.25, -0.2) is 19.9 Å². The Bertz CT molecular complexity index is 4890. The molecular formula is C86H89IN16O7S3. The highest BCUT2D eigenvalue weighted by molar-refractivity contribution is 14.1. The number of rotatable bonds is 24. The molecule has 4 saturated heterocycles. The van der Waals surface area contributed by atoms with E-state index in [4.69, 9.17) is 50.6 Å².